The molecule has 0 aliphatic carbocycles. The topological polar surface area (TPSA) is 169 Å². The Hall–Kier alpha value is -4.30. The second-order valence-electron chi connectivity index (χ2n) is 7.67. The monoisotopic (exact) mass is 750 g/mol. The van der Waals surface area contributed by atoms with E-state index in [0.717, 1.165) is 42.8 Å². The molecule has 0 aliphatic heterocycles. The van der Waals surface area contributed by atoms with Crippen molar-refractivity contribution < 1.29 is 62.0 Å². The summed E-state index contributed by atoms with van der Waals surface area (Å²) in [5.41, 5.74) is 3.36. The van der Waals surface area contributed by atoms with Crippen molar-refractivity contribution in [1.82, 2.24) is 40.3 Å². The van der Waals surface area contributed by atoms with Crippen molar-refractivity contribution in [2.45, 2.75) is 0 Å². The summed E-state index contributed by atoms with van der Waals surface area (Å²) in [4.78, 5) is 17.0. The predicted molar refractivity (Wildman–Crippen MR) is 163 cm³/mol. The molecule has 6 rings (SSSR count). The van der Waals surface area contributed by atoms with Gasteiger partial charge in [0.15, 0.2) is 20.0 Å². The van der Waals surface area contributed by atoms with Gasteiger partial charge in [0, 0.05) is 24.8 Å². The van der Waals surface area contributed by atoms with Crippen LogP contribution in [0, 0.1) is 0 Å². The Kier molecular flexibility index (Phi) is 18.9. The van der Waals surface area contributed by atoms with Crippen molar-refractivity contribution in [3.63, 3.8) is 0 Å². The summed E-state index contributed by atoms with van der Waals surface area (Å²) in [5.74, 6) is 0. The van der Waals surface area contributed by atoms with Crippen LogP contribution >= 0.6 is 22.7 Å². The van der Waals surface area contributed by atoms with Crippen LogP contribution in [0.3, 0.4) is 0 Å². The van der Waals surface area contributed by atoms with Crippen LogP contribution in [0.4, 0.5) is 34.5 Å². The zero-order valence-electron chi connectivity index (χ0n) is 23.3. The van der Waals surface area contributed by atoms with Crippen molar-refractivity contribution in [2.75, 3.05) is 0 Å². The first-order valence-corrected chi connectivity index (χ1v) is 13.6. The molecule has 0 radical (unpaired) electrons. The molecule has 0 aromatic carbocycles. The summed E-state index contributed by atoms with van der Waals surface area (Å²) in [6.07, 6.45) is 6.99. The van der Waals surface area contributed by atoms with Crippen LogP contribution in [0.25, 0.3) is 42.8 Å². The van der Waals surface area contributed by atoms with E-state index < -0.39 is 14.5 Å². The third-order valence-corrected chi connectivity index (χ3v) is 6.32. The maximum atomic E-state index is 9.75. The van der Waals surface area contributed by atoms with E-state index in [1.54, 1.807) is 24.8 Å². The molecule has 6 N–H and O–H groups in total. The maximum Gasteiger partial charge on any atom is 2.00 e. The summed E-state index contributed by atoms with van der Waals surface area (Å²) in [7, 11) is -12.0. The fourth-order valence-electron chi connectivity index (χ4n) is 2.82. The molecule has 23 heteroatoms. The number of halogens is 8. The van der Waals surface area contributed by atoms with Crippen molar-refractivity contribution in [3.8, 4) is 42.8 Å². The zero-order chi connectivity index (χ0) is 32.0. The van der Waals surface area contributed by atoms with E-state index in [-0.39, 0.29) is 27.4 Å². The molecule has 0 fully saturated rings. The van der Waals surface area contributed by atoms with E-state index >= 15 is 0 Å². The van der Waals surface area contributed by atoms with Crippen LogP contribution in [0.1, 0.15) is 0 Å². The van der Waals surface area contributed by atoms with Gasteiger partial charge in [-0.25, -0.2) is 0 Å². The number of aromatic nitrogens is 8. The first-order chi connectivity index (χ1) is 20.9. The Bertz CT molecular complexity index is 1440. The van der Waals surface area contributed by atoms with Crippen molar-refractivity contribution in [3.05, 3.63) is 97.6 Å². The quantitative estimate of drug-likeness (QED) is 0.119. The Labute approximate surface area is 279 Å². The third-order valence-electron chi connectivity index (χ3n) is 4.39. The maximum absolute atomic E-state index is 9.75. The van der Waals surface area contributed by atoms with Gasteiger partial charge in [-0.1, -0.05) is 46.9 Å². The van der Waals surface area contributed by atoms with Gasteiger partial charge in [0.1, 0.15) is 22.8 Å². The van der Waals surface area contributed by atoms with Gasteiger partial charge in [0.05, 0.1) is 0 Å². The SMILES string of the molecule is F[B-](F)(F)F.F[B-](F)(F)F.[Ni+2].[OH3+].[OH3+].c1ccc(-c2nnc(-c3ccccn3)s2)nc1.c1ccc(-c2nnc(-c3ccccn3)s2)nc1. The minimum Gasteiger partial charge on any atom is -0.457 e. The Morgan fingerprint density at radius 1 is 0.383 bits per heavy atom. The van der Waals surface area contributed by atoms with Gasteiger partial charge < -0.3 is 45.5 Å². The van der Waals surface area contributed by atoms with Crippen molar-refractivity contribution in [1.29, 1.82) is 0 Å². The Morgan fingerprint density at radius 2 is 0.574 bits per heavy atom. The zero-order valence-corrected chi connectivity index (χ0v) is 25.9. The van der Waals surface area contributed by atoms with Crippen LogP contribution < -0.4 is 0 Å². The predicted octanol–water partition coefficient (Wildman–Crippen LogP) is 6.08. The summed E-state index contributed by atoms with van der Waals surface area (Å²) < 4.78 is 78.0. The fourth-order valence-corrected chi connectivity index (χ4v) is 4.41. The second-order valence-corrected chi connectivity index (χ2v) is 9.63. The molecule has 0 atom stereocenters. The molecule has 252 valence electrons. The van der Waals surface area contributed by atoms with Gasteiger partial charge in [-0.05, 0) is 48.5 Å². The van der Waals surface area contributed by atoms with E-state index in [4.69, 9.17) is 0 Å². The third kappa shape index (κ3) is 17.3. The molecule has 47 heavy (non-hydrogen) atoms. The molecule has 10 nitrogen and oxygen atoms in total. The molecule has 0 spiro atoms. The fraction of sp³-hybridized carbons (Fsp3) is 0. The van der Waals surface area contributed by atoms with Gasteiger partial charge in [0.25, 0.3) is 0 Å². The Balaban J connectivity index is 0.000000670. The molecular formula is C24H22B2F8N8NiO2S2+2. The van der Waals surface area contributed by atoms with Crippen LogP contribution in [0.5, 0.6) is 0 Å². The molecule has 6 aromatic rings. The van der Waals surface area contributed by atoms with E-state index in [1.165, 1.54) is 22.7 Å². The first kappa shape index (κ1) is 42.7. The number of rotatable bonds is 4. The van der Waals surface area contributed by atoms with E-state index in [1.807, 2.05) is 72.8 Å². The standard InChI is InChI=1S/2C12H8N4S.2BF4.Ni.2H2O/c2*1-3-7-13-9(5-1)11-15-16-12(17-11)10-6-2-4-8-14-10;2*2-1(3,4)5;;;/h2*1-8H;;;;2*1H2/q;;2*-1;+2;;/p+2. The normalized spacial score (nSPS) is 10.0. The minimum absolute atomic E-state index is 0. The largest absolute Gasteiger partial charge is 2.00 e. The molecule has 0 amide bonds. The van der Waals surface area contributed by atoms with Gasteiger partial charge in [-0.2, -0.15) is 0 Å². The van der Waals surface area contributed by atoms with E-state index in [0.29, 0.717) is 0 Å². The van der Waals surface area contributed by atoms with Crippen LogP contribution in [0.2, 0.25) is 0 Å². The molecule has 0 unspecified atom stereocenters. The van der Waals surface area contributed by atoms with Crippen LogP contribution in [-0.4, -0.2) is 54.8 Å². The first-order valence-electron chi connectivity index (χ1n) is 11.9. The van der Waals surface area contributed by atoms with Gasteiger partial charge in [0.2, 0.25) is 0 Å². The molecule has 0 saturated carbocycles. The number of nitrogens with zero attached hydrogens (tertiary/aromatic N) is 8. The van der Waals surface area contributed by atoms with Gasteiger partial charge in [-0.15, -0.1) is 20.4 Å². The smallest absolute Gasteiger partial charge is 0.457 e. The van der Waals surface area contributed by atoms with Crippen molar-refractivity contribution >= 4 is 37.2 Å². The summed E-state index contributed by atoms with van der Waals surface area (Å²) in [6.45, 7) is 0. The van der Waals surface area contributed by atoms with Crippen LogP contribution in [0.15, 0.2) is 97.6 Å². The number of hydrogen-bond donors (Lipinski definition) is 0. The molecule has 0 saturated heterocycles. The van der Waals surface area contributed by atoms with Crippen LogP contribution in [-0.2, 0) is 27.4 Å². The van der Waals surface area contributed by atoms with E-state index in [2.05, 4.69) is 40.3 Å². The van der Waals surface area contributed by atoms with Gasteiger partial charge >= 0.3 is 31.0 Å². The van der Waals surface area contributed by atoms with Crippen molar-refractivity contribution in [2.24, 2.45) is 0 Å². The second kappa shape index (κ2) is 20.8. The summed E-state index contributed by atoms with van der Waals surface area (Å²) in [5, 5.41) is 19.8. The molecule has 0 aliphatic rings. The average molecular weight is 751 g/mol. The molecule has 0 bridgehead atoms. The summed E-state index contributed by atoms with van der Waals surface area (Å²) in [6, 6.07) is 22.9. The average Bonchev–Trinajstić information content (AvgIpc) is 3.69. The van der Waals surface area contributed by atoms with E-state index in [9.17, 15) is 34.5 Å². The molecular weight excluding hydrogens is 729 g/mol. The number of hydrogen-bond acceptors (Lipinski definition) is 10. The van der Waals surface area contributed by atoms with Gasteiger partial charge in [-0.3, -0.25) is 19.9 Å². The number of pyridine rings is 4. The molecule has 6 heterocycles. The molecule has 6 aromatic heterocycles. The Morgan fingerprint density at radius 3 is 0.723 bits per heavy atom. The summed E-state index contributed by atoms with van der Waals surface area (Å²) >= 11 is 2.98. The minimum atomic E-state index is -6.00.